The highest BCUT2D eigenvalue weighted by Gasteiger charge is 2.35. The third kappa shape index (κ3) is 2.92. The molecule has 0 aromatic rings. The van der Waals surface area contributed by atoms with E-state index in [-0.39, 0.29) is 9.33 Å². The van der Waals surface area contributed by atoms with E-state index in [1.807, 2.05) is 13.8 Å². The van der Waals surface area contributed by atoms with Gasteiger partial charge in [-0.2, -0.15) is 0 Å². The molecule has 0 fully saturated rings. The summed E-state index contributed by atoms with van der Waals surface area (Å²) in [5.41, 5.74) is 5.37. The van der Waals surface area contributed by atoms with Crippen molar-refractivity contribution < 1.29 is 4.79 Å². The van der Waals surface area contributed by atoms with Gasteiger partial charge in [0, 0.05) is 0 Å². The smallest absolute Gasteiger partial charge is 0.233 e. The van der Waals surface area contributed by atoms with Crippen molar-refractivity contribution in [3.05, 3.63) is 0 Å². The molecular weight excluding hydrogens is 265 g/mol. The van der Waals surface area contributed by atoms with Crippen LogP contribution >= 0.6 is 22.6 Å². The molecule has 0 aliphatic heterocycles. The third-order valence-electron chi connectivity index (χ3n) is 2.22. The molecule has 0 rings (SSSR count). The number of carbonyl (C=O) groups is 1. The molecule has 2 nitrogen and oxygen atoms in total. The number of hydrogen-bond acceptors (Lipinski definition) is 1. The molecule has 3 heteroatoms. The van der Waals surface area contributed by atoms with Crippen molar-refractivity contribution in [2.75, 3.05) is 0 Å². The molecule has 0 aliphatic rings. The fourth-order valence-electron chi connectivity index (χ4n) is 1.13. The van der Waals surface area contributed by atoms with Crippen molar-refractivity contribution in [2.24, 2.45) is 11.7 Å². The summed E-state index contributed by atoms with van der Waals surface area (Å²) < 4.78 is -0.340. The minimum Gasteiger partial charge on any atom is -0.369 e. The topological polar surface area (TPSA) is 43.1 Å². The first-order chi connectivity index (χ1) is 5.45. The number of amides is 1. The lowest BCUT2D eigenvalue weighted by Crippen LogP contribution is -2.42. The fraction of sp³-hybridized carbons (Fsp3) is 0.889. The van der Waals surface area contributed by atoms with E-state index in [4.69, 9.17) is 5.73 Å². The second-order valence-electron chi connectivity index (χ2n) is 3.48. The Balaban J connectivity index is 4.29. The molecule has 0 aliphatic carbocycles. The van der Waals surface area contributed by atoms with E-state index in [9.17, 15) is 4.79 Å². The second kappa shape index (κ2) is 5.04. The van der Waals surface area contributed by atoms with Gasteiger partial charge in [-0.25, -0.2) is 0 Å². The molecule has 1 unspecified atom stereocenters. The van der Waals surface area contributed by atoms with Gasteiger partial charge < -0.3 is 5.73 Å². The van der Waals surface area contributed by atoms with Gasteiger partial charge in [0.05, 0.1) is 0 Å². The van der Waals surface area contributed by atoms with Crippen LogP contribution in [0.2, 0.25) is 0 Å². The Labute approximate surface area is 88.4 Å². The van der Waals surface area contributed by atoms with E-state index >= 15 is 0 Å². The number of rotatable bonds is 5. The molecule has 0 bridgehead atoms. The van der Waals surface area contributed by atoms with E-state index in [0.717, 1.165) is 19.3 Å². The average molecular weight is 283 g/mol. The van der Waals surface area contributed by atoms with E-state index in [1.54, 1.807) is 0 Å². The molecule has 0 heterocycles. The zero-order valence-corrected chi connectivity index (χ0v) is 10.2. The van der Waals surface area contributed by atoms with E-state index in [0.29, 0.717) is 5.92 Å². The second-order valence-corrected chi connectivity index (χ2v) is 5.41. The van der Waals surface area contributed by atoms with Crippen LogP contribution in [0.3, 0.4) is 0 Å². The molecule has 72 valence electrons. The van der Waals surface area contributed by atoms with Crippen LogP contribution in [0.5, 0.6) is 0 Å². The molecule has 1 atom stereocenters. The van der Waals surface area contributed by atoms with Gasteiger partial charge in [0.15, 0.2) is 0 Å². The van der Waals surface area contributed by atoms with Crippen LogP contribution in [0.1, 0.15) is 40.0 Å². The van der Waals surface area contributed by atoms with Crippen molar-refractivity contribution >= 4 is 28.5 Å². The molecule has 0 saturated heterocycles. The summed E-state index contributed by atoms with van der Waals surface area (Å²) in [4.78, 5) is 11.2. The van der Waals surface area contributed by atoms with Crippen LogP contribution < -0.4 is 5.73 Å². The Hall–Kier alpha value is 0.200. The van der Waals surface area contributed by atoms with Gasteiger partial charge >= 0.3 is 0 Å². The van der Waals surface area contributed by atoms with Crippen LogP contribution in [0.25, 0.3) is 0 Å². The quantitative estimate of drug-likeness (QED) is 0.611. The first-order valence-electron chi connectivity index (χ1n) is 4.44. The number of hydrogen-bond donors (Lipinski definition) is 1. The van der Waals surface area contributed by atoms with E-state index < -0.39 is 0 Å². The minimum absolute atomic E-state index is 0.174. The Kier molecular flexibility index (Phi) is 5.13. The number of alkyl halides is 1. The van der Waals surface area contributed by atoms with E-state index in [1.165, 1.54) is 0 Å². The van der Waals surface area contributed by atoms with Crippen molar-refractivity contribution in [3.8, 4) is 0 Å². The summed E-state index contributed by atoms with van der Waals surface area (Å²) in [6, 6.07) is 0. The number of primary amides is 1. The Morgan fingerprint density at radius 2 is 2.08 bits per heavy atom. The highest BCUT2D eigenvalue weighted by atomic mass is 127. The van der Waals surface area contributed by atoms with Crippen molar-refractivity contribution in [3.63, 3.8) is 0 Å². The standard InChI is InChI=1S/C9H18INO/c1-4-5-6-9(10,7(2)3)8(11)12/h7H,4-6H2,1-3H3,(H2,11,12). The number of unbranched alkanes of at least 4 members (excludes halogenated alkanes) is 1. The van der Waals surface area contributed by atoms with Gasteiger partial charge in [0.2, 0.25) is 5.91 Å². The SMILES string of the molecule is CCCCC(I)(C(N)=O)C(C)C. The zero-order valence-electron chi connectivity index (χ0n) is 8.06. The van der Waals surface area contributed by atoms with Crippen molar-refractivity contribution in [2.45, 2.75) is 43.5 Å². The molecule has 0 aromatic carbocycles. The molecule has 0 saturated carbocycles. The molecule has 12 heavy (non-hydrogen) atoms. The lowest BCUT2D eigenvalue weighted by molar-refractivity contribution is -0.121. The normalized spacial score (nSPS) is 16.1. The van der Waals surface area contributed by atoms with Gasteiger partial charge in [-0.3, -0.25) is 4.79 Å². The average Bonchev–Trinajstić information content (AvgIpc) is 1.99. The van der Waals surface area contributed by atoms with Gasteiger partial charge in [-0.05, 0) is 12.3 Å². The Bertz CT molecular complexity index is 159. The number of nitrogens with two attached hydrogens (primary N) is 1. The van der Waals surface area contributed by atoms with Crippen LogP contribution in [0, 0.1) is 5.92 Å². The summed E-state index contributed by atoms with van der Waals surface area (Å²) in [6.07, 6.45) is 3.09. The fourth-order valence-corrected chi connectivity index (χ4v) is 1.51. The maximum atomic E-state index is 11.2. The largest absolute Gasteiger partial charge is 0.369 e. The van der Waals surface area contributed by atoms with Gasteiger partial charge in [-0.15, -0.1) is 0 Å². The van der Waals surface area contributed by atoms with Crippen molar-refractivity contribution in [1.82, 2.24) is 0 Å². The summed E-state index contributed by atoms with van der Waals surface area (Å²) in [5, 5.41) is 0. The zero-order chi connectivity index (χ0) is 9.78. The van der Waals surface area contributed by atoms with Crippen molar-refractivity contribution in [1.29, 1.82) is 0 Å². The lowest BCUT2D eigenvalue weighted by Gasteiger charge is -2.27. The molecule has 0 spiro atoms. The maximum absolute atomic E-state index is 11.2. The molecule has 1 amide bonds. The molecule has 0 radical (unpaired) electrons. The summed E-state index contributed by atoms with van der Waals surface area (Å²) >= 11 is 2.20. The Morgan fingerprint density at radius 3 is 2.33 bits per heavy atom. The van der Waals surface area contributed by atoms with Crippen LogP contribution in [0.15, 0.2) is 0 Å². The predicted octanol–water partition coefficient (Wildman–Crippen LogP) is 2.49. The number of halogens is 1. The third-order valence-corrected chi connectivity index (χ3v) is 4.54. The molecule has 0 aromatic heterocycles. The molecular formula is C9H18INO. The highest BCUT2D eigenvalue weighted by molar-refractivity contribution is 14.1. The minimum atomic E-state index is -0.340. The van der Waals surface area contributed by atoms with Crippen LogP contribution in [-0.4, -0.2) is 9.33 Å². The van der Waals surface area contributed by atoms with Gasteiger partial charge in [0.1, 0.15) is 3.42 Å². The first-order valence-corrected chi connectivity index (χ1v) is 5.51. The summed E-state index contributed by atoms with van der Waals surface area (Å²) in [6.45, 7) is 6.22. The maximum Gasteiger partial charge on any atom is 0.233 e. The lowest BCUT2D eigenvalue weighted by atomic mass is 9.90. The van der Waals surface area contributed by atoms with Crippen LogP contribution in [0.4, 0.5) is 0 Å². The first kappa shape index (κ1) is 12.2. The van der Waals surface area contributed by atoms with Crippen LogP contribution in [-0.2, 0) is 4.79 Å². The van der Waals surface area contributed by atoms with Gasteiger partial charge in [0.25, 0.3) is 0 Å². The summed E-state index contributed by atoms with van der Waals surface area (Å²) in [7, 11) is 0. The summed E-state index contributed by atoms with van der Waals surface area (Å²) in [5.74, 6) is 0.147. The Morgan fingerprint density at radius 1 is 1.58 bits per heavy atom. The monoisotopic (exact) mass is 283 g/mol. The number of carbonyl (C=O) groups excluding carboxylic acids is 1. The van der Waals surface area contributed by atoms with Gasteiger partial charge in [-0.1, -0.05) is 56.2 Å². The molecule has 2 N–H and O–H groups in total. The highest BCUT2D eigenvalue weighted by Crippen LogP contribution is 2.33. The predicted molar refractivity (Wildman–Crippen MR) is 60.3 cm³/mol. The van der Waals surface area contributed by atoms with E-state index in [2.05, 4.69) is 29.5 Å².